The number of methoxy groups -OCH3 is 1. The van der Waals surface area contributed by atoms with E-state index in [1.54, 1.807) is 18.2 Å². The molecule has 0 aliphatic carbocycles. The molecule has 2 aromatic rings. The molecule has 3 nitrogen and oxygen atoms in total. The second-order valence-corrected chi connectivity index (χ2v) is 5.66. The normalized spacial score (nSPS) is 11.8. The summed E-state index contributed by atoms with van der Waals surface area (Å²) in [6.45, 7) is -1.74. The van der Waals surface area contributed by atoms with Crippen molar-refractivity contribution in [2.75, 3.05) is 18.6 Å². The van der Waals surface area contributed by atoms with E-state index >= 15 is 0 Å². The van der Waals surface area contributed by atoms with Gasteiger partial charge >= 0.3 is 12.4 Å². The van der Waals surface area contributed by atoms with Crippen molar-refractivity contribution in [3.05, 3.63) is 59.2 Å². The van der Waals surface area contributed by atoms with Crippen LogP contribution in [0.1, 0.15) is 16.7 Å². The molecule has 144 valence electrons. The minimum absolute atomic E-state index is 0.290. The predicted molar refractivity (Wildman–Crippen MR) is 86.3 cm³/mol. The van der Waals surface area contributed by atoms with Gasteiger partial charge in [-0.2, -0.15) is 31.6 Å². The number of rotatable bonds is 5. The smallest absolute Gasteiger partial charge is 0.417 e. The number of nitrogens with zero attached hydrogens (tertiary/aromatic N) is 2. The fraction of sp³-hybridized carbons (Fsp3) is 0.278. The maximum atomic E-state index is 13.1. The number of benzene rings is 2. The van der Waals surface area contributed by atoms with E-state index in [1.807, 2.05) is 0 Å². The molecule has 0 N–H and O–H groups in total. The number of hydrogen-bond donors (Lipinski definition) is 0. The molecule has 0 amide bonds. The number of hydrogen-bond acceptors (Lipinski definition) is 3. The van der Waals surface area contributed by atoms with Gasteiger partial charge in [0.2, 0.25) is 0 Å². The van der Waals surface area contributed by atoms with Crippen LogP contribution in [0.3, 0.4) is 0 Å². The van der Waals surface area contributed by atoms with Crippen LogP contribution in [0.25, 0.3) is 0 Å². The average Bonchev–Trinajstić information content (AvgIpc) is 2.59. The van der Waals surface area contributed by atoms with Crippen molar-refractivity contribution in [3.63, 3.8) is 0 Å². The standard InChI is InChI=1S/C18H14F6N2O/c1-27-15-4-2-3-12(7-15)10-26(11-17(19,20)21)14-6-5-13(9-25)16(8-14)18(22,23)24/h2-8H,10-11H2,1H3. The summed E-state index contributed by atoms with van der Waals surface area (Å²) in [5.41, 5.74) is -1.79. The summed E-state index contributed by atoms with van der Waals surface area (Å²) in [5.74, 6) is 0.412. The Morgan fingerprint density at radius 2 is 1.74 bits per heavy atom. The van der Waals surface area contributed by atoms with Crippen LogP contribution >= 0.6 is 0 Å². The van der Waals surface area contributed by atoms with Crippen LogP contribution in [-0.4, -0.2) is 19.8 Å². The molecule has 9 heteroatoms. The molecule has 0 fully saturated rings. The zero-order chi connectivity index (χ0) is 20.2. The maximum absolute atomic E-state index is 13.1. The molecule has 0 radical (unpaired) electrons. The summed E-state index contributed by atoms with van der Waals surface area (Å²) in [6.07, 6.45) is -9.49. The van der Waals surface area contributed by atoms with Crippen LogP contribution in [0.5, 0.6) is 5.75 Å². The quantitative estimate of drug-likeness (QED) is 0.665. The summed E-state index contributed by atoms with van der Waals surface area (Å²) in [7, 11) is 1.39. The van der Waals surface area contributed by atoms with E-state index in [1.165, 1.54) is 19.2 Å². The van der Waals surface area contributed by atoms with E-state index in [9.17, 15) is 26.3 Å². The molecular weight excluding hydrogens is 374 g/mol. The van der Waals surface area contributed by atoms with Crippen LogP contribution in [0, 0.1) is 11.3 Å². The molecule has 0 spiro atoms. The second kappa shape index (κ2) is 7.78. The molecule has 0 unspecified atom stereocenters. The van der Waals surface area contributed by atoms with Gasteiger partial charge in [-0.25, -0.2) is 0 Å². The van der Waals surface area contributed by atoms with Crippen molar-refractivity contribution in [1.82, 2.24) is 0 Å². The van der Waals surface area contributed by atoms with E-state index in [0.29, 0.717) is 17.4 Å². The second-order valence-electron chi connectivity index (χ2n) is 5.66. The van der Waals surface area contributed by atoms with Crippen LogP contribution in [0.4, 0.5) is 32.0 Å². The van der Waals surface area contributed by atoms with Gasteiger partial charge in [0.25, 0.3) is 0 Å². The average molecular weight is 388 g/mol. The van der Waals surface area contributed by atoms with Gasteiger partial charge < -0.3 is 9.64 Å². The third kappa shape index (κ3) is 5.54. The molecule has 0 saturated heterocycles. The highest BCUT2D eigenvalue weighted by Gasteiger charge is 2.36. The molecule has 0 atom stereocenters. The van der Waals surface area contributed by atoms with Crippen LogP contribution in [0.2, 0.25) is 0 Å². The molecule has 0 bridgehead atoms. The van der Waals surface area contributed by atoms with Gasteiger partial charge in [0.1, 0.15) is 12.3 Å². The minimum Gasteiger partial charge on any atom is -0.497 e. The lowest BCUT2D eigenvalue weighted by Gasteiger charge is -2.27. The van der Waals surface area contributed by atoms with Gasteiger partial charge in [-0.3, -0.25) is 0 Å². The van der Waals surface area contributed by atoms with Crippen LogP contribution in [0.15, 0.2) is 42.5 Å². The molecule has 0 aromatic heterocycles. The van der Waals surface area contributed by atoms with Crippen molar-refractivity contribution < 1.29 is 31.1 Å². The van der Waals surface area contributed by atoms with Crippen LogP contribution < -0.4 is 9.64 Å². The Kier molecular flexibility index (Phi) is 5.88. The molecule has 0 aliphatic rings. The Morgan fingerprint density at radius 3 is 2.30 bits per heavy atom. The van der Waals surface area contributed by atoms with Crippen molar-refractivity contribution in [1.29, 1.82) is 5.26 Å². The van der Waals surface area contributed by atoms with Crippen molar-refractivity contribution >= 4 is 5.69 Å². The summed E-state index contributed by atoms with van der Waals surface area (Å²) < 4.78 is 83.3. The van der Waals surface area contributed by atoms with Crippen LogP contribution in [-0.2, 0) is 12.7 Å². The van der Waals surface area contributed by atoms with Gasteiger partial charge in [-0.1, -0.05) is 12.1 Å². The molecule has 0 saturated carbocycles. The lowest BCUT2D eigenvalue weighted by Crippen LogP contribution is -2.34. The molecule has 0 aliphatic heterocycles. The van der Waals surface area contributed by atoms with E-state index in [4.69, 9.17) is 10.00 Å². The fourth-order valence-electron chi connectivity index (χ4n) is 2.51. The van der Waals surface area contributed by atoms with Crippen molar-refractivity contribution in [2.24, 2.45) is 0 Å². The zero-order valence-corrected chi connectivity index (χ0v) is 14.0. The number of alkyl halides is 6. The first-order chi connectivity index (χ1) is 12.5. The molecule has 0 heterocycles. The first kappa shape index (κ1) is 20.4. The van der Waals surface area contributed by atoms with Crippen molar-refractivity contribution in [3.8, 4) is 11.8 Å². The highest BCUT2D eigenvalue weighted by Crippen LogP contribution is 2.35. The third-order valence-corrected chi connectivity index (χ3v) is 3.67. The topological polar surface area (TPSA) is 36.3 Å². The lowest BCUT2D eigenvalue weighted by atomic mass is 10.1. The summed E-state index contributed by atoms with van der Waals surface area (Å²) >= 11 is 0. The summed E-state index contributed by atoms with van der Waals surface area (Å²) in [4.78, 5) is 0.769. The fourth-order valence-corrected chi connectivity index (χ4v) is 2.51. The van der Waals surface area contributed by atoms with E-state index in [-0.39, 0.29) is 12.2 Å². The Balaban J connectivity index is 2.46. The highest BCUT2D eigenvalue weighted by molar-refractivity contribution is 5.55. The SMILES string of the molecule is COc1cccc(CN(CC(F)(F)F)c2ccc(C#N)c(C(F)(F)F)c2)c1. The van der Waals surface area contributed by atoms with E-state index in [2.05, 4.69) is 0 Å². The number of halogens is 6. The van der Waals surface area contributed by atoms with Gasteiger partial charge in [0.05, 0.1) is 24.3 Å². The zero-order valence-electron chi connectivity index (χ0n) is 14.0. The monoisotopic (exact) mass is 388 g/mol. The predicted octanol–water partition coefficient (Wildman–Crippen LogP) is 5.15. The molecular formula is C18H14F6N2O. The van der Waals surface area contributed by atoms with E-state index in [0.717, 1.165) is 17.0 Å². The largest absolute Gasteiger partial charge is 0.497 e. The Hall–Kier alpha value is -2.89. The Bertz CT molecular complexity index is 839. The number of nitriles is 1. The Labute approximate surface area is 151 Å². The third-order valence-electron chi connectivity index (χ3n) is 3.67. The highest BCUT2D eigenvalue weighted by atomic mass is 19.4. The molecule has 2 rings (SSSR count). The number of anilines is 1. The van der Waals surface area contributed by atoms with Gasteiger partial charge in [-0.15, -0.1) is 0 Å². The van der Waals surface area contributed by atoms with Gasteiger partial charge in [0.15, 0.2) is 0 Å². The Morgan fingerprint density at radius 1 is 1.04 bits per heavy atom. The van der Waals surface area contributed by atoms with E-state index < -0.39 is 30.0 Å². The minimum atomic E-state index is -4.86. The number of ether oxygens (including phenoxy) is 1. The molecule has 2 aromatic carbocycles. The maximum Gasteiger partial charge on any atom is 0.417 e. The lowest BCUT2D eigenvalue weighted by molar-refractivity contribution is -0.137. The van der Waals surface area contributed by atoms with Gasteiger partial charge in [0, 0.05) is 12.2 Å². The molecule has 27 heavy (non-hydrogen) atoms. The van der Waals surface area contributed by atoms with Gasteiger partial charge in [-0.05, 0) is 35.9 Å². The first-order valence-corrected chi connectivity index (χ1v) is 7.59. The summed E-state index contributed by atoms with van der Waals surface area (Å²) in [5, 5.41) is 8.83. The summed E-state index contributed by atoms with van der Waals surface area (Å²) in [6, 6.07) is 10.1. The van der Waals surface area contributed by atoms with Crippen molar-refractivity contribution in [2.45, 2.75) is 18.9 Å². The first-order valence-electron chi connectivity index (χ1n) is 7.59.